The summed E-state index contributed by atoms with van der Waals surface area (Å²) in [6.07, 6.45) is 2.85. The van der Waals surface area contributed by atoms with Gasteiger partial charge in [-0.3, -0.25) is 0 Å². The Morgan fingerprint density at radius 3 is 2.00 bits per heavy atom. The fourth-order valence-corrected chi connectivity index (χ4v) is 0.233. The van der Waals surface area contributed by atoms with Crippen molar-refractivity contribution in [1.82, 2.24) is 0 Å². The van der Waals surface area contributed by atoms with Crippen LogP contribution >= 0.6 is 0 Å². The minimum absolute atomic E-state index is 0.437. The highest BCUT2D eigenvalue weighted by molar-refractivity contribution is 5.18. The summed E-state index contributed by atoms with van der Waals surface area (Å²) < 4.78 is 11.7. The van der Waals surface area contributed by atoms with E-state index < -0.39 is 5.83 Å². The van der Waals surface area contributed by atoms with Crippen molar-refractivity contribution in [2.45, 2.75) is 6.92 Å². The molecule has 0 radical (unpaired) electrons. The molecule has 0 rings (SSSR count). The van der Waals surface area contributed by atoms with E-state index in [9.17, 15) is 4.39 Å². The van der Waals surface area contributed by atoms with Crippen LogP contribution in [0.4, 0.5) is 4.39 Å². The van der Waals surface area contributed by atoms with Gasteiger partial charge in [-0.25, -0.2) is 4.39 Å². The van der Waals surface area contributed by atoms with Crippen LogP contribution in [-0.2, 0) is 0 Å². The number of hydrogen-bond acceptors (Lipinski definition) is 0. The summed E-state index contributed by atoms with van der Waals surface area (Å²) in [4.78, 5) is 0. The van der Waals surface area contributed by atoms with Gasteiger partial charge < -0.3 is 0 Å². The molecule has 0 fully saturated rings. The average molecular weight is 112 g/mol. The van der Waals surface area contributed by atoms with Gasteiger partial charge in [0, 0.05) is 0 Å². The molecule has 0 unspecified atom stereocenters. The second kappa shape index (κ2) is 3.19. The predicted molar refractivity (Wildman–Crippen MR) is 34.2 cm³/mol. The molecular formula is C7H9F. The Bertz CT molecular complexity index is 115. The quantitative estimate of drug-likeness (QED) is 0.481. The van der Waals surface area contributed by atoms with Gasteiger partial charge in [-0.15, -0.1) is 0 Å². The Morgan fingerprint density at radius 1 is 1.38 bits per heavy atom. The van der Waals surface area contributed by atoms with E-state index in [1.54, 1.807) is 13.0 Å². The zero-order valence-corrected chi connectivity index (χ0v) is 4.95. The molecule has 0 amide bonds. The van der Waals surface area contributed by atoms with E-state index in [1.165, 1.54) is 6.08 Å². The van der Waals surface area contributed by atoms with Gasteiger partial charge in [0.2, 0.25) is 0 Å². The molecule has 8 heavy (non-hydrogen) atoms. The maximum Gasteiger partial charge on any atom is 0.116 e. The molecule has 1 heteroatoms. The largest absolute Gasteiger partial charge is 0.208 e. The first kappa shape index (κ1) is 7.15. The lowest BCUT2D eigenvalue weighted by Crippen LogP contribution is -1.61. The molecule has 0 saturated heterocycles. The highest BCUT2D eigenvalue weighted by Gasteiger charge is 1.76. The summed E-state index contributed by atoms with van der Waals surface area (Å²) in [5, 5.41) is 0. The molecule has 0 atom stereocenters. The van der Waals surface area contributed by atoms with Gasteiger partial charge in [-0.2, -0.15) is 0 Å². The molecule has 0 bridgehead atoms. The Kier molecular flexibility index (Phi) is 2.85. The molecule has 0 aliphatic carbocycles. The highest BCUT2D eigenvalue weighted by atomic mass is 19.1. The van der Waals surface area contributed by atoms with Crippen molar-refractivity contribution in [2.75, 3.05) is 0 Å². The molecule has 0 aliphatic heterocycles. The highest BCUT2D eigenvalue weighted by Crippen LogP contribution is 1.96. The van der Waals surface area contributed by atoms with Gasteiger partial charge in [0.1, 0.15) is 5.83 Å². The third kappa shape index (κ3) is 5.15. The third-order valence-electron chi connectivity index (χ3n) is 0.549. The molecule has 0 aliphatic rings. The summed E-state index contributed by atoms with van der Waals surface area (Å²) in [7, 11) is 0. The first-order valence-electron chi connectivity index (χ1n) is 2.31. The van der Waals surface area contributed by atoms with E-state index in [1.807, 2.05) is 0 Å². The molecule has 0 heterocycles. The monoisotopic (exact) mass is 112 g/mol. The van der Waals surface area contributed by atoms with Crippen LogP contribution in [0.2, 0.25) is 0 Å². The van der Waals surface area contributed by atoms with E-state index in [-0.39, 0.29) is 0 Å². The first-order valence-corrected chi connectivity index (χ1v) is 2.31. The number of rotatable bonds is 2. The normalized spacial score (nSPS) is 9.75. The third-order valence-corrected chi connectivity index (χ3v) is 0.549. The molecule has 0 aromatic rings. The van der Waals surface area contributed by atoms with Crippen LogP contribution in [0.15, 0.2) is 36.7 Å². The Hall–Kier alpha value is -0.850. The number of halogens is 1. The topological polar surface area (TPSA) is 0 Å². The van der Waals surface area contributed by atoms with Crippen molar-refractivity contribution in [2.24, 2.45) is 0 Å². The van der Waals surface area contributed by atoms with Crippen LogP contribution in [0.5, 0.6) is 0 Å². The smallest absolute Gasteiger partial charge is 0.116 e. The van der Waals surface area contributed by atoms with Crippen LogP contribution in [0.1, 0.15) is 6.92 Å². The van der Waals surface area contributed by atoms with Gasteiger partial charge >= 0.3 is 0 Å². The first-order chi connectivity index (χ1) is 3.63. The summed E-state index contributed by atoms with van der Waals surface area (Å²) in [5.74, 6) is -0.437. The molecular weight excluding hydrogens is 103 g/mol. The van der Waals surface area contributed by atoms with E-state index in [2.05, 4.69) is 13.2 Å². The van der Waals surface area contributed by atoms with Crippen LogP contribution < -0.4 is 0 Å². The van der Waals surface area contributed by atoms with E-state index in [0.29, 0.717) is 0 Å². The van der Waals surface area contributed by atoms with Crippen LogP contribution in [-0.4, -0.2) is 0 Å². The SMILES string of the molecule is C=C(C)/C=C\C(=C)F. The van der Waals surface area contributed by atoms with Crippen molar-refractivity contribution in [3.63, 3.8) is 0 Å². The van der Waals surface area contributed by atoms with Crippen molar-refractivity contribution >= 4 is 0 Å². The molecule has 0 spiro atoms. The van der Waals surface area contributed by atoms with Crippen molar-refractivity contribution in [3.8, 4) is 0 Å². The van der Waals surface area contributed by atoms with Gasteiger partial charge in [-0.1, -0.05) is 24.8 Å². The molecule has 0 aromatic carbocycles. The fourth-order valence-electron chi connectivity index (χ4n) is 0.233. The standard InChI is InChI=1S/C7H9F/c1-6(2)4-5-7(3)8/h4-5H,1,3H2,2H3/b5-4-. The lowest BCUT2D eigenvalue weighted by Gasteiger charge is -1.81. The van der Waals surface area contributed by atoms with E-state index >= 15 is 0 Å². The molecule has 44 valence electrons. The lowest BCUT2D eigenvalue weighted by atomic mass is 10.3. The zero-order valence-electron chi connectivity index (χ0n) is 4.95. The van der Waals surface area contributed by atoms with Gasteiger partial charge in [0.25, 0.3) is 0 Å². The second-order valence-electron chi connectivity index (χ2n) is 1.63. The van der Waals surface area contributed by atoms with Crippen LogP contribution in [0.3, 0.4) is 0 Å². The Morgan fingerprint density at radius 2 is 1.88 bits per heavy atom. The van der Waals surface area contributed by atoms with Crippen LogP contribution in [0, 0.1) is 0 Å². The molecule has 0 nitrogen and oxygen atoms in total. The van der Waals surface area contributed by atoms with Crippen molar-refractivity contribution in [1.29, 1.82) is 0 Å². The van der Waals surface area contributed by atoms with Crippen molar-refractivity contribution in [3.05, 3.63) is 36.7 Å². The van der Waals surface area contributed by atoms with Crippen molar-refractivity contribution < 1.29 is 4.39 Å². The Labute approximate surface area is 49.0 Å². The van der Waals surface area contributed by atoms with E-state index in [0.717, 1.165) is 5.57 Å². The van der Waals surface area contributed by atoms with Gasteiger partial charge in [0.15, 0.2) is 0 Å². The summed E-state index contributed by atoms with van der Waals surface area (Å²) in [6, 6.07) is 0. The summed E-state index contributed by atoms with van der Waals surface area (Å²) in [6.45, 7) is 8.36. The minimum Gasteiger partial charge on any atom is -0.208 e. The molecule has 0 aromatic heterocycles. The maximum atomic E-state index is 11.7. The second-order valence-corrected chi connectivity index (χ2v) is 1.63. The lowest BCUT2D eigenvalue weighted by molar-refractivity contribution is 0.671. The van der Waals surface area contributed by atoms with Crippen LogP contribution in [0.25, 0.3) is 0 Å². The maximum absolute atomic E-state index is 11.7. The van der Waals surface area contributed by atoms with Gasteiger partial charge in [-0.05, 0) is 13.0 Å². The minimum atomic E-state index is -0.437. The molecule has 0 saturated carbocycles. The predicted octanol–water partition coefficient (Wildman–Crippen LogP) is 2.60. The summed E-state index contributed by atoms with van der Waals surface area (Å²) >= 11 is 0. The fraction of sp³-hybridized carbons (Fsp3) is 0.143. The summed E-state index contributed by atoms with van der Waals surface area (Å²) in [5.41, 5.74) is 0.823. The zero-order chi connectivity index (χ0) is 6.57. The van der Waals surface area contributed by atoms with Gasteiger partial charge in [0.05, 0.1) is 0 Å². The number of allylic oxidation sites excluding steroid dienone is 4. The average Bonchev–Trinajstić information content (AvgIpc) is 1.61. The Balaban J connectivity index is 3.67. The molecule has 0 N–H and O–H groups in total. The van der Waals surface area contributed by atoms with E-state index in [4.69, 9.17) is 0 Å². The number of hydrogen-bond donors (Lipinski definition) is 0.